The van der Waals surface area contributed by atoms with Crippen LogP contribution in [0.3, 0.4) is 0 Å². The summed E-state index contributed by atoms with van der Waals surface area (Å²) in [5, 5.41) is 4.83. The minimum Gasteiger partial charge on any atom is -0.376 e. The maximum absolute atomic E-state index is 11.8. The van der Waals surface area contributed by atoms with E-state index in [0.717, 1.165) is 36.1 Å². The van der Waals surface area contributed by atoms with Gasteiger partial charge in [-0.2, -0.15) is 0 Å². The van der Waals surface area contributed by atoms with E-state index in [4.69, 9.17) is 10.5 Å². The molecule has 0 unspecified atom stereocenters. The van der Waals surface area contributed by atoms with Crippen LogP contribution in [0, 0.1) is 6.92 Å². The van der Waals surface area contributed by atoms with Crippen molar-refractivity contribution >= 4 is 17.2 Å². The van der Waals surface area contributed by atoms with Crippen molar-refractivity contribution in [3.05, 3.63) is 21.9 Å². The molecule has 0 aromatic carbocycles. The van der Waals surface area contributed by atoms with E-state index in [-0.39, 0.29) is 5.91 Å². The van der Waals surface area contributed by atoms with Gasteiger partial charge in [-0.15, -0.1) is 11.3 Å². The Kier molecular flexibility index (Phi) is 5.36. The predicted octanol–water partition coefficient (Wildman–Crippen LogP) is 2.07. The smallest absolute Gasteiger partial charge is 0.261 e. The highest BCUT2D eigenvalue weighted by Gasteiger charge is 2.18. The first kappa shape index (κ1) is 14.5. The summed E-state index contributed by atoms with van der Waals surface area (Å²) in [4.78, 5) is 12.6. The zero-order chi connectivity index (χ0) is 13.7. The molecule has 2 rings (SSSR count). The molecule has 1 aromatic rings. The van der Waals surface area contributed by atoms with Crippen LogP contribution < -0.4 is 11.1 Å². The van der Waals surface area contributed by atoms with Crippen LogP contribution >= 0.6 is 11.3 Å². The van der Waals surface area contributed by atoms with Gasteiger partial charge in [0.15, 0.2) is 0 Å². The molecule has 0 spiro atoms. The number of amides is 1. The lowest BCUT2D eigenvalue weighted by atomic mass is 9.94. The van der Waals surface area contributed by atoms with Crippen LogP contribution in [0.4, 0.5) is 0 Å². The molecule has 1 aromatic heterocycles. The lowest BCUT2D eigenvalue weighted by molar-refractivity contribution is 0.0268. The second-order valence-corrected chi connectivity index (χ2v) is 6.01. The molecule has 1 aliphatic carbocycles. The lowest BCUT2D eigenvalue weighted by Gasteiger charge is -2.26. The van der Waals surface area contributed by atoms with Gasteiger partial charge >= 0.3 is 0 Å². The van der Waals surface area contributed by atoms with Crippen molar-refractivity contribution < 1.29 is 9.53 Å². The molecule has 4 nitrogen and oxygen atoms in total. The molecule has 1 saturated carbocycles. The highest BCUT2D eigenvalue weighted by molar-refractivity contribution is 7.12. The number of hydrogen-bond donors (Lipinski definition) is 2. The van der Waals surface area contributed by atoms with Gasteiger partial charge in [-0.05, 0) is 49.6 Å². The van der Waals surface area contributed by atoms with E-state index in [1.54, 1.807) is 0 Å². The molecular formula is C14H22N2O2S. The molecule has 1 aliphatic rings. The summed E-state index contributed by atoms with van der Waals surface area (Å²) in [5.41, 5.74) is 6.88. The number of aryl methyl sites for hydroxylation is 1. The second kappa shape index (κ2) is 7.03. The Bertz CT molecular complexity index is 411. The zero-order valence-electron chi connectivity index (χ0n) is 11.4. The standard InChI is InChI=1S/C14H22N2O2S/c1-10-6-9-19-13(10)14(17)16-7-8-18-12-4-2-11(15)3-5-12/h6,9,11-12H,2-5,7-8,15H2,1H3,(H,16,17). The van der Waals surface area contributed by atoms with E-state index >= 15 is 0 Å². The molecule has 3 N–H and O–H groups in total. The highest BCUT2D eigenvalue weighted by Crippen LogP contribution is 2.19. The molecule has 0 saturated heterocycles. The van der Waals surface area contributed by atoms with Gasteiger partial charge in [0.2, 0.25) is 0 Å². The summed E-state index contributed by atoms with van der Waals surface area (Å²) in [6.07, 6.45) is 4.50. The van der Waals surface area contributed by atoms with Gasteiger partial charge in [0, 0.05) is 12.6 Å². The summed E-state index contributed by atoms with van der Waals surface area (Å²) in [6, 6.07) is 2.31. The highest BCUT2D eigenvalue weighted by atomic mass is 32.1. The fourth-order valence-corrected chi connectivity index (χ4v) is 3.17. The van der Waals surface area contributed by atoms with E-state index in [0.29, 0.717) is 25.3 Å². The topological polar surface area (TPSA) is 64.3 Å². The third kappa shape index (κ3) is 4.30. The number of carbonyl (C=O) groups is 1. The molecule has 0 aliphatic heterocycles. The molecule has 0 radical (unpaired) electrons. The fraction of sp³-hybridized carbons (Fsp3) is 0.643. The van der Waals surface area contributed by atoms with Crippen molar-refractivity contribution in [3.63, 3.8) is 0 Å². The Labute approximate surface area is 118 Å². The van der Waals surface area contributed by atoms with Gasteiger partial charge in [0.05, 0.1) is 17.6 Å². The summed E-state index contributed by atoms with van der Waals surface area (Å²) in [6.45, 7) is 3.10. The molecule has 0 atom stereocenters. The molecular weight excluding hydrogens is 260 g/mol. The van der Waals surface area contributed by atoms with E-state index in [2.05, 4.69) is 5.32 Å². The second-order valence-electron chi connectivity index (χ2n) is 5.10. The van der Waals surface area contributed by atoms with Gasteiger partial charge in [-0.25, -0.2) is 0 Å². The molecule has 0 bridgehead atoms. The van der Waals surface area contributed by atoms with Crippen LogP contribution in [0.1, 0.15) is 40.9 Å². The maximum atomic E-state index is 11.8. The Morgan fingerprint density at radius 1 is 1.47 bits per heavy atom. The normalized spacial score (nSPS) is 23.3. The number of thiophene rings is 1. The minimum absolute atomic E-state index is 0.00164. The van der Waals surface area contributed by atoms with Gasteiger partial charge in [0.1, 0.15) is 0 Å². The molecule has 1 fully saturated rings. The molecule has 106 valence electrons. The first-order valence-corrected chi connectivity index (χ1v) is 7.74. The number of nitrogens with two attached hydrogens (primary N) is 1. The Morgan fingerprint density at radius 2 is 2.21 bits per heavy atom. The van der Waals surface area contributed by atoms with Crippen molar-refractivity contribution in [1.82, 2.24) is 5.32 Å². The third-order valence-corrected chi connectivity index (χ3v) is 4.54. The summed E-state index contributed by atoms with van der Waals surface area (Å²) in [5.74, 6) is 0.00164. The fourth-order valence-electron chi connectivity index (χ4n) is 2.33. The van der Waals surface area contributed by atoms with Crippen molar-refractivity contribution in [3.8, 4) is 0 Å². The van der Waals surface area contributed by atoms with Gasteiger partial charge in [-0.1, -0.05) is 0 Å². The van der Waals surface area contributed by atoms with Crippen molar-refractivity contribution in [1.29, 1.82) is 0 Å². The zero-order valence-corrected chi connectivity index (χ0v) is 12.2. The largest absolute Gasteiger partial charge is 0.376 e. The minimum atomic E-state index is 0.00164. The van der Waals surface area contributed by atoms with Gasteiger partial charge < -0.3 is 15.8 Å². The average Bonchev–Trinajstić information content (AvgIpc) is 2.83. The quantitative estimate of drug-likeness (QED) is 0.813. The molecule has 1 heterocycles. The van der Waals surface area contributed by atoms with E-state index < -0.39 is 0 Å². The van der Waals surface area contributed by atoms with Crippen LogP contribution in [0.15, 0.2) is 11.4 Å². The number of ether oxygens (including phenoxy) is 1. The van der Waals surface area contributed by atoms with E-state index in [1.165, 1.54) is 11.3 Å². The SMILES string of the molecule is Cc1ccsc1C(=O)NCCOC1CCC(N)CC1. The Balaban J connectivity index is 1.62. The lowest BCUT2D eigenvalue weighted by Crippen LogP contribution is -2.33. The van der Waals surface area contributed by atoms with Crippen molar-refractivity contribution in [2.75, 3.05) is 13.2 Å². The summed E-state index contributed by atoms with van der Waals surface area (Å²) in [7, 11) is 0. The first-order chi connectivity index (χ1) is 9.16. The van der Waals surface area contributed by atoms with Crippen molar-refractivity contribution in [2.24, 2.45) is 5.73 Å². The van der Waals surface area contributed by atoms with E-state index in [1.807, 2.05) is 18.4 Å². The van der Waals surface area contributed by atoms with Gasteiger partial charge in [0.25, 0.3) is 5.91 Å². The Hall–Kier alpha value is -0.910. The Morgan fingerprint density at radius 3 is 2.84 bits per heavy atom. The number of rotatable bonds is 5. The maximum Gasteiger partial charge on any atom is 0.261 e. The van der Waals surface area contributed by atoms with Crippen LogP contribution in [-0.4, -0.2) is 31.2 Å². The van der Waals surface area contributed by atoms with Crippen LogP contribution in [0.25, 0.3) is 0 Å². The first-order valence-electron chi connectivity index (χ1n) is 6.86. The van der Waals surface area contributed by atoms with Crippen LogP contribution in [0.2, 0.25) is 0 Å². The number of hydrogen-bond acceptors (Lipinski definition) is 4. The van der Waals surface area contributed by atoms with E-state index in [9.17, 15) is 4.79 Å². The average molecular weight is 282 g/mol. The monoisotopic (exact) mass is 282 g/mol. The summed E-state index contributed by atoms with van der Waals surface area (Å²) < 4.78 is 5.76. The third-order valence-electron chi connectivity index (χ3n) is 3.53. The van der Waals surface area contributed by atoms with Crippen LogP contribution in [0.5, 0.6) is 0 Å². The summed E-state index contributed by atoms with van der Waals surface area (Å²) >= 11 is 1.48. The van der Waals surface area contributed by atoms with Crippen LogP contribution in [-0.2, 0) is 4.74 Å². The van der Waals surface area contributed by atoms with Crippen molar-refractivity contribution in [2.45, 2.75) is 44.8 Å². The molecule has 1 amide bonds. The number of carbonyl (C=O) groups excluding carboxylic acids is 1. The molecule has 19 heavy (non-hydrogen) atoms. The predicted molar refractivity (Wildman–Crippen MR) is 77.6 cm³/mol. The molecule has 5 heteroatoms. The van der Waals surface area contributed by atoms with Gasteiger partial charge in [-0.3, -0.25) is 4.79 Å². The number of nitrogens with one attached hydrogen (secondary N) is 1.